The molecule has 1 unspecified atom stereocenters. The first kappa shape index (κ1) is 19.8. The highest BCUT2D eigenvalue weighted by molar-refractivity contribution is 6.30. The van der Waals surface area contributed by atoms with Gasteiger partial charge in [-0.05, 0) is 25.0 Å². The number of ether oxygens (including phenoxy) is 3. The van der Waals surface area contributed by atoms with Crippen molar-refractivity contribution in [2.24, 2.45) is 10.9 Å². The summed E-state index contributed by atoms with van der Waals surface area (Å²) in [5.74, 6) is 2.08. The minimum atomic E-state index is 0.566. The van der Waals surface area contributed by atoms with E-state index in [1.807, 2.05) is 18.2 Å². The molecule has 0 spiro atoms. The smallest absolute Gasteiger partial charge is 0.191 e. The molecule has 6 nitrogen and oxygen atoms in total. The van der Waals surface area contributed by atoms with Crippen molar-refractivity contribution >= 4 is 17.6 Å². The van der Waals surface area contributed by atoms with E-state index in [1.165, 1.54) is 0 Å². The van der Waals surface area contributed by atoms with Gasteiger partial charge in [-0.1, -0.05) is 17.7 Å². The van der Waals surface area contributed by atoms with E-state index >= 15 is 0 Å². The third kappa shape index (κ3) is 7.10. The van der Waals surface area contributed by atoms with Crippen molar-refractivity contribution in [2.75, 3.05) is 47.1 Å². The van der Waals surface area contributed by atoms with Gasteiger partial charge in [-0.15, -0.1) is 0 Å². The van der Waals surface area contributed by atoms with Crippen LogP contribution in [0.3, 0.4) is 0 Å². The molecule has 140 valence electrons. The topological polar surface area (TPSA) is 64.1 Å². The first-order valence-corrected chi connectivity index (χ1v) is 9.03. The lowest BCUT2D eigenvalue weighted by Gasteiger charge is -2.14. The summed E-state index contributed by atoms with van der Waals surface area (Å²) in [4.78, 5) is 4.23. The summed E-state index contributed by atoms with van der Waals surface area (Å²) in [5, 5.41) is 7.22. The van der Waals surface area contributed by atoms with Gasteiger partial charge >= 0.3 is 0 Å². The van der Waals surface area contributed by atoms with Crippen LogP contribution in [0.1, 0.15) is 18.4 Å². The molecule has 1 saturated heterocycles. The lowest BCUT2D eigenvalue weighted by atomic mass is 10.1. The molecule has 1 aromatic carbocycles. The maximum absolute atomic E-state index is 5.98. The van der Waals surface area contributed by atoms with Gasteiger partial charge < -0.3 is 24.8 Å². The van der Waals surface area contributed by atoms with Crippen LogP contribution in [0.15, 0.2) is 23.2 Å². The fourth-order valence-corrected chi connectivity index (χ4v) is 2.77. The molecule has 1 heterocycles. The number of nitrogens with one attached hydrogen (secondary N) is 2. The van der Waals surface area contributed by atoms with Crippen LogP contribution in [-0.2, 0) is 16.0 Å². The van der Waals surface area contributed by atoms with Crippen molar-refractivity contribution in [2.45, 2.75) is 19.4 Å². The fraction of sp³-hybridized carbons (Fsp3) is 0.611. The Balaban J connectivity index is 1.62. The molecule has 2 N–H and O–H groups in total. The van der Waals surface area contributed by atoms with Gasteiger partial charge in [-0.25, -0.2) is 0 Å². The van der Waals surface area contributed by atoms with Crippen LogP contribution in [0.4, 0.5) is 0 Å². The minimum Gasteiger partial charge on any atom is -0.496 e. The molecule has 1 aliphatic heterocycles. The zero-order valence-electron chi connectivity index (χ0n) is 15.0. The van der Waals surface area contributed by atoms with Gasteiger partial charge in [0.2, 0.25) is 0 Å². The Labute approximate surface area is 154 Å². The molecule has 0 amide bonds. The largest absolute Gasteiger partial charge is 0.496 e. The molecule has 1 aliphatic rings. The predicted octanol–water partition coefficient (Wildman–Crippen LogP) is 2.46. The number of methoxy groups -OCH3 is 1. The third-order valence-electron chi connectivity index (χ3n) is 4.05. The summed E-state index contributed by atoms with van der Waals surface area (Å²) in [7, 11) is 3.39. The molecule has 2 rings (SSSR count). The maximum Gasteiger partial charge on any atom is 0.191 e. The fourth-order valence-electron chi connectivity index (χ4n) is 2.61. The van der Waals surface area contributed by atoms with Crippen LogP contribution in [0, 0.1) is 5.92 Å². The Hall–Kier alpha value is -1.50. The van der Waals surface area contributed by atoms with E-state index in [4.69, 9.17) is 25.8 Å². The third-order valence-corrected chi connectivity index (χ3v) is 4.29. The Morgan fingerprint density at radius 1 is 1.40 bits per heavy atom. The highest BCUT2D eigenvalue weighted by atomic mass is 35.5. The monoisotopic (exact) mass is 369 g/mol. The number of rotatable bonds is 9. The van der Waals surface area contributed by atoms with E-state index in [2.05, 4.69) is 15.6 Å². The number of benzene rings is 1. The lowest BCUT2D eigenvalue weighted by molar-refractivity contribution is 0.0888. The molecular formula is C18H28ClN3O3. The zero-order valence-corrected chi connectivity index (χ0v) is 15.8. The number of guanidine groups is 1. The van der Waals surface area contributed by atoms with Gasteiger partial charge in [-0.3, -0.25) is 4.99 Å². The molecule has 0 aliphatic carbocycles. The van der Waals surface area contributed by atoms with E-state index in [-0.39, 0.29) is 0 Å². The van der Waals surface area contributed by atoms with Crippen molar-refractivity contribution in [1.29, 1.82) is 0 Å². The summed E-state index contributed by atoms with van der Waals surface area (Å²) in [6, 6.07) is 5.60. The highest BCUT2D eigenvalue weighted by Gasteiger charge is 2.15. The van der Waals surface area contributed by atoms with Gasteiger partial charge in [0.1, 0.15) is 5.75 Å². The number of aliphatic imine (C=N–C) groups is 1. The number of halogens is 1. The number of hydrogen-bond acceptors (Lipinski definition) is 4. The van der Waals surface area contributed by atoms with Gasteiger partial charge in [0.15, 0.2) is 5.96 Å². The Kier molecular flexibility index (Phi) is 8.86. The Morgan fingerprint density at radius 3 is 3.00 bits per heavy atom. The van der Waals surface area contributed by atoms with E-state index in [0.717, 1.165) is 63.1 Å². The van der Waals surface area contributed by atoms with Crippen LogP contribution in [0.25, 0.3) is 0 Å². The Morgan fingerprint density at radius 2 is 2.28 bits per heavy atom. The van der Waals surface area contributed by atoms with Crippen LogP contribution in [0.2, 0.25) is 5.02 Å². The van der Waals surface area contributed by atoms with Crippen LogP contribution >= 0.6 is 11.6 Å². The number of hydrogen-bond donors (Lipinski definition) is 2. The zero-order chi connectivity index (χ0) is 17.9. The summed E-state index contributed by atoms with van der Waals surface area (Å²) in [5.41, 5.74) is 1.02. The van der Waals surface area contributed by atoms with Crippen LogP contribution in [-0.4, -0.2) is 53.1 Å². The standard InChI is InChI=1S/C18H28ClN3O3/c1-20-18(21-7-3-8-24-12-14-6-9-25-13-14)22-11-15-4-5-16(19)10-17(15)23-2/h4-5,10,14H,3,6-9,11-13H2,1-2H3,(H2,20,21,22). The predicted molar refractivity (Wildman–Crippen MR) is 101 cm³/mol. The second kappa shape index (κ2) is 11.2. The van der Waals surface area contributed by atoms with Crippen molar-refractivity contribution in [1.82, 2.24) is 10.6 Å². The molecule has 0 bridgehead atoms. The summed E-state index contributed by atoms with van der Waals surface area (Å²) < 4.78 is 16.4. The first-order valence-electron chi connectivity index (χ1n) is 8.65. The second-order valence-electron chi connectivity index (χ2n) is 5.97. The van der Waals surface area contributed by atoms with Crippen LogP contribution in [0.5, 0.6) is 5.75 Å². The molecule has 1 aromatic rings. The lowest BCUT2D eigenvalue weighted by Crippen LogP contribution is -2.37. The van der Waals surface area contributed by atoms with Crippen LogP contribution < -0.4 is 15.4 Å². The molecule has 7 heteroatoms. The molecule has 0 aromatic heterocycles. The Bertz CT molecular complexity index is 548. The molecule has 1 fully saturated rings. The average Bonchev–Trinajstić information content (AvgIpc) is 3.14. The van der Waals surface area contributed by atoms with E-state index < -0.39 is 0 Å². The second-order valence-corrected chi connectivity index (χ2v) is 6.40. The normalized spacial score (nSPS) is 17.6. The SMILES string of the molecule is CN=C(NCCCOCC1CCOC1)NCc1ccc(Cl)cc1OC. The van der Waals surface area contributed by atoms with Crippen molar-refractivity contribution in [3.8, 4) is 5.75 Å². The summed E-state index contributed by atoms with van der Waals surface area (Å²) in [6.45, 7) is 4.66. The van der Waals surface area contributed by atoms with Gasteiger partial charge in [0.25, 0.3) is 0 Å². The van der Waals surface area contributed by atoms with E-state index in [9.17, 15) is 0 Å². The number of nitrogens with zero attached hydrogens (tertiary/aromatic N) is 1. The van der Waals surface area contributed by atoms with Gasteiger partial charge in [0, 0.05) is 49.9 Å². The maximum atomic E-state index is 5.98. The van der Waals surface area contributed by atoms with Crippen molar-refractivity contribution in [3.05, 3.63) is 28.8 Å². The van der Waals surface area contributed by atoms with E-state index in [0.29, 0.717) is 17.5 Å². The van der Waals surface area contributed by atoms with E-state index in [1.54, 1.807) is 14.2 Å². The molecule has 0 radical (unpaired) electrons. The minimum absolute atomic E-state index is 0.566. The van der Waals surface area contributed by atoms with Gasteiger partial charge in [0.05, 0.1) is 20.3 Å². The molecule has 1 atom stereocenters. The average molecular weight is 370 g/mol. The van der Waals surface area contributed by atoms with Gasteiger partial charge in [-0.2, -0.15) is 0 Å². The summed E-state index contributed by atoms with van der Waals surface area (Å²) in [6.07, 6.45) is 2.04. The quantitative estimate of drug-likeness (QED) is 0.397. The van der Waals surface area contributed by atoms with Crippen molar-refractivity contribution < 1.29 is 14.2 Å². The first-order chi connectivity index (χ1) is 12.2. The van der Waals surface area contributed by atoms with Crippen molar-refractivity contribution in [3.63, 3.8) is 0 Å². The molecular weight excluding hydrogens is 342 g/mol. The highest BCUT2D eigenvalue weighted by Crippen LogP contribution is 2.22. The summed E-state index contributed by atoms with van der Waals surface area (Å²) >= 11 is 5.98. The molecule has 0 saturated carbocycles. The molecule has 25 heavy (non-hydrogen) atoms.